The maximum Gasteiger partial charge on any atom is 0.335 e. The van der Waals surface area contributed by atoms with Crippen molar-refractivity contribution in [3.63, 3.8) is 0 Å². The number of primary amides is 1. The van der Waals surface area contributed by atoms with Crippen molar-refractivity contribution >= 4 is 63.0 Å². The molecule has 11 heteroatoms. The van der Waals surface area contributed by atoms with E-state index in [1.54, 1.807) is 31.2 Å². The molecule has 2 aromatic rings. The van der Waals surface area contributed by atoms with Crippen LogP contribution in [0.1, 0.15) is 12.5 Å². The Kier molecular flexibility index (Phi) is 7.16. The number of hydrogen-bond donors (Lipinski definition) is 2. The van der Waals surface area contributed by atoms with Crippen molar-refractivity contribution in [1.82, 2.24) is 5.32 Å². The summed E-state index contributed by atoms with van der Waals surface area (Å²) in [7, 11) is 0. The minimum Gasteiger partial charge on any atom is -0.490 e. The summed E-state index contributed by atoms with van der Waals surface area (Å²) < 4.78 is 11.6. The van der Waals surface area contributed by atoms with Crippen LogP contribution in [0.5, 0.6) is 11.5 Å². The molecule has 3 N–H and O–H groups in total. The normalized spacial score (nSPS) is 15.0. The first-order chi connectivity index (χ1) is 15.2. The van der Waals surface area contributed by atoms with Crippen LogP contribution in [0.3, 0.4) is 0 Å². The maximum atomic E-state index is 13.0. The number of carbonyl (C=O) groups is 4. The highest BCUT2D eigenvalue weighted by Crippen LogP contribution is 2.37. The fourth-order valence-electron chi connectivity index (χ4n) is 2.87. The second-order valence-electron chi connectivity index (χ2n) is 6.45. The molecule has 0 radical (unpaired) electrons. The van der Waals surface area contributed by atoms with E-state index < -0.39 is 30.4 Å². The number of nitrogens with zero attached hydrogens (tertiary/aromatic N) is 1. The van der Waals surface area contributed by atoms with Gasteiger partial charge in [-0.3, -0.25) is 19.7 Å². The van der Waals surface area contributed by atoms with E-state index in [1.165, 1.54) is 18.2 Å². The molecule has 0 aromatic heterocycles. The first-order valence-corrected chi connectivity index (χ1v) is 10.4. The number of amides is 5. The SMILES string of the molecule is CCOc1cc(/C=C2\C(=O)NC(=O)N(c3ccc(Br)cc3)C2=O)cc(Cl)c1OCC(N)=O. The number of hydrogen-bond acceptors (Lipinski definition) is 6. The van der Waals surface area contributed by atoms with E-state index in [0.717, 1.165) is 9.37 Å². The van der Waals surface area contributed by atoms with Gasteiger partial charge in [0.15, 0.2) is 18.1 Å². The average Bonchev–Trinajstić information content (AvgIpc) is 2.72. The summed E-state index contributed by atoms with van der Waals surface area (Å²) in [6, 6.07) is 8.49. The number of imide groups is 2. The number of benzene rings is 2. The van der Waals surface area contributed by atoms with E-state index in [-0.39, 0.29) is 34.4 Å². The second-order valence-corrected chi connectivity index (χ2v) is 7.78. The zero-order valence-corrected chi connectivity index (χ0v) is 19.0. The summed E-state index contributed by atoms with van der Waals surface area (Å²) in [6.07, 6.45) is 1.28. The number of ether oxygens (including phenoxy) is 2. The lowest BCUT2D eigenvalue weighted by Crippen LogP contribution is -2.54. The van der Waals surface area contributed by atoms with Crippen molar-refractivity contribution < 1.29 is 28.7 Å². The van der Waals surface area contributed by atoms with E-state index in [1.807, 2.05) is 0 Å². The fraction of sp³-hybridized carbons (Fsp3) is 0.143. The molecule has 1 aliphatic heterocycles. The number of anilines is 1. The molecule has 1 heterocycles. The summed E-state index contributed by atoms with van der Waals surface area (Å²) in [5.74, 6) is -2.06. The quantitative estimate of drug-likeness (QED) is 0.425. The summed E-state index contributed by atoms with van der Waals surface area (Å²) >= 11 is 9.55. The molecule has 166 valence electrons. The van der Waals surface area contributed by atoms with Crippen LogP contribution in [0.25, 0.3) is 6.08 Å². The van der Waals surface area contributed by atoms with Gasteiger partial charge in [0.1, 0.15) is 5.57 Å². The number of nitrogens with two attached hydrogens (primary N) is 1. The molecule has 0 bridgehead atoms. The van der Waals surface area contributed by atoms with E-state index in [4.69, 9.17) is 26.8 Å². The van der Waals surface area contributed by atoms with E-state index in [9.17, 15) is 19.2 Å². The number of halogens is 2. The molecule has 1 fully saturated rings. The Morgan fingerprint density at radius 1 is 1.19 bits per heavy atom. The van der Waals surface area contributed by atoms with Crippen molar-refractivity contribution in [3.8, 4) is 11.5 Å². The molecule has 9 nitrogen and oxygen atoms in total. The number of nitrogens with one attached hydrogen (secondary N) is 1. The minimum absolute atomic E-state index is 0.0774. The summed E-state index contributed by atoms with van der Waals surface area (Å²) in [6.45, 7) is 1.58. The van der Waals surface area contributed by atoms with Crippen LogP contribution in [0.4, 0.5) is 10.5 Å². The van der Waals surface area contributed by atoms with Crippen LogP contribution in [0.15, 0.2) is 46.4 Å². The van der Waals surface area contributed by atoms with E-state index in [0.29, 0.717) is 5.56 Å². The van der Waals surface area contributed by atoms with Crippen LogP contribution in [-0.4, -0.2) is 37.0 Å². The van der Waals surface area contributed by atoms with Crippen molar-refractivity contribution in [2.24, 2.45) is 5.73 Å². The average molecular weight is 523 g/mol. The van der Waals surface area contributed by atoms with Crippen LogP contribution in [-0.2, 0) is 14.4 Å². The van der Waals surface area contributed by atoms with Crippen molar-refractivity contribution in [1.29, 1.82) is 0 Å². The predicted octanol–water partition coefficient (Wildman–Crippen LogP) is 3.03. The zero-order chi connectivity index (χ0) is 23.4. The predicted molar refractivity (Wildman–Crippen MR) is 120 cm³/mol. The molecule has 0 atom stereocenters. The largest absolute Gasteiger partial charge is 0.490 e. The minimum atomic E-state index is -0.859. The molecule has 0 unspecified atom stereocenters. The molecule has 0 aliphatic carbocycles. The third kappa shape index (κ3) is 5.09. The third-order valence-electron chi connectivity index (χ3n) is 4.19. The Balaban J connectivity index is 2.00. The highest BCUT2D eigenvalue weighted by molar-refractivity contribution is 9.10. The Labute approximate surface area is 196 Å². The molecule has 2 aromatic carbocycles. The van der Waals surface area contributed by atoms with Crippen LogP contribution < -0.4 is 25.4 Å². The monoisotopic (exact) mass is 521 g/mol. The number of carbonyl (C=O) groups excluding carboxylic acids is 4. The maximum absolute atomic E-state index is 13.0. The van der Waals surface area contributed by atoms with Gasteiger partial charge in [-0.25, -0.2) is 9.69 Å². The topological polar surface area (TPSA) is 128 Å². The van der Waals surface area contributed by atoms with Crippen LogP contribution >= 0.6 is 27.5 Å². The van der Waals surface area contributed by atoms with Gasteiger partial charge < -0.3 is 15.2 Å². The molecule has 3 rings (SSSR count). The van der Waals surface area contributed by atoms with Gasteiger partial charge in [-0.2, -0.15) is 0 Å². The molecule has 1 saturated heterocycles. The van der Waals surface area contributed by atoms with Crippen molar-refractivity contribution in [2.45, 2.75) is 6.92 Å². The van der Waals surface area contributed by atoms with Crippen molar-refractivity contribution in [2.75, 3.05) is 18.1 Å². The number of rotatable bonds is 7. The molecular weight excluding hydrogens is 506 g/mol. The number of urea groups is 1. The highest BCUT2D eigenvalue weighted by Gasteiger charge is 2.36. The highest BCUT2D eigenvalue weighted by atomic mass is 79.9. The molecule has 1 aliphatic rings. The fourth-order valence-corrected chi connectivity index (χ4v) is 3.40. The van der Waals surface area contributed by atoms with E-state index in [2.05, 4.69) is 21.2 Å². The van der Waals surface area contributed by atoms with E-state index >= 15 is 0 Å². The molecule has 0 spiro atoms. The molecule has 5 amide bonds. The van der Waals surface area contributed by atoms with Gasteiger partial charge in [-0.15, -0.1) is 0 Å². The summed E-state index contributed by atoms with van der Waals surface area (Å²) in [5, 5.41) is 2.23. The van der Waals surface area contributed by atoms with Gasteiger partial charge in [-0.1, -0.05) is 27.5 Å². The molecule has 32 heavy (non-hydrogen) atoms. The number of barbiturate groups is 1. The lowest BCUT2D eigenvalue weighted by atomic mass is 10.1. The molecular formula is C21H17BrClN3O6. The van der Waals surface area contributed by atoms with Gasteiger partial charge in [-0.05, 0) is 55.0 Å². The lowest BCUT2D eigenvalue weighted by Gasteiger charge is -2.26. The molecule has 0 saturated carbocycles. The van der Waals surface area contributed by atoms with Gasteiger partial charge >= 0.3 is 6.03 Å². The van der Waals surface area contributed by atoms with Crippen LogP contribution in [0, 0.1) is 0 Å². The van der Waals surface area contributed by atoms with Crippen molar-refractivity contribution in [3.05, 3.63) is 57.0 Å². The Morgan fingerprint density at radius 3 is 2.50 bits per heavy atom. The lowest BCUT2D eigenvalue weighted by molar-refractivity contribution is -0.123. The first kappa shape index (κ1) is 23.3. The summed E-state index contributed by atoms with van der Waals surface area (Å²) in [4.78, 5) is 49.6. The Hall–Kier alpha value is -3.37. The second kappa shape index (κ2) is 9.84. The summed E-state index contributed by atoms with van der Waals surface area (Å²) in [5.41, 5.74) is 5.45. The van der Waals surface area contributed by atoms with Gasteiger partial charge in [0.05, 0.1) is 17.3 Å². The van der Waals surface area contributed by atoms with Crippen LogP contribution in [0.2, 0.25) is 5.02 Å². The Bertz CT molecular complexity index is 1130. The first-order valence-electron chi connectivity index (χ1n) is 9.25. The van der Waals surface area contributed by atoms with Gasteiger partial charge in [0.2, 0.25) is 0 Å². The third-order valence-corrected chi connectivity index (χ3v) is 5.00. The zero-order valence-electron chi connectivity index (χ0n) is 16.7. The standard InChI is InChI=1S/C21H17BrClN3O6/c1-2-31-16-9-11(8-15(23)18(16)32-10-17(24)27)7-14-19(28)25-21(30)26(20(14)29)13-5-3-12(22)4-6-13/h3-9H,2,10H2,1H3,(H2,24,27)(H,25,28,30)/b14-7+. The Morgan fingerprint density at radius 2 is 1.88 bits per heavy atom. The van der Waals surface area contributed by atoms with Gasteiger partial charge in [0, 0.05) is 4.47 Å². The smallest absolute Gasteiger partial charge is 0.335 e. The van der Waals surface area contributed by atoms with Gasteiger partial charge in [0.25, 0.3) is 17.7 Å².